The van der Waals surface area contributed by atoms with E-state index < -0.39 is 21.7 Å². The Morgan fingerprint density at radius 2 is 1.96 bits per heavy atom. The third kappa shape index (κ3) is 4.95. The molecule has 0 aromatic heterocycles. The van der Waals surface area contributed by atoms with Gasteiger partial charge in [0.25, 0.3) is 0 Å². The minimum absolute atomic E-state index is 0.0200. The van der Waals surface area contributed by atoms with Gasteiger partial charge in [-0.25, -0.2) is 8.42 Å². The summed E-state index contributed by atoms with van der Waals surface area (Å²) in [6.07, 6.45) is -2.34. The molecule has 0 saturated heterocycles. The maximum atomic E-state index is 12.6. The van der Waals surface area contributed by atoms with Crippen molar-refractivity contribution in [1.29, 1.82) is 0 Å². The predicted octanol–water partition coefficient (Wildman–Crippen LogP) is 2.18. The van der Waals surface area contributed by atoms with Crippen LogP contribution in [0.3, 0.4) is 0 Å². The molecule has 0 saturated carbocycles. The standard InChI is InChI=1S/C14H13Cl2F3N2O2S/c15-10-1-2-12(11(16)9-10)24(22,23)8-7-21-5-3-13(14(17,18)19)20-4-6-21/h1-3,5,9H,4,6-8H2/p+1. The molecule has 4 nitrogen and oxygen atoms in total. The molecule has 132 valence electrons. The minimum atomic E-state index is -4.51. The lowest BCUT2D eigenvalue weighted by Crippen LogP contribution is -3.08. The molecule has 0 spiro atoms. The van der Waals surface area contributed by atoms with Crippen molar-refractivity contribution in [3.8, 4) is 0 Å². The molecule has 1 aliphatic rings. The highest BCUT2D eigenvalue weighted by atomic mass is 35.5. The summed E-state index contributed by atoms with van der Waals surface area (Å²) in [4.78, 5) is 4.02. The summed E-state index contributed by atoms with van der Waals surface area (Å²) in [7, 11) is -3.67. The second-order valence-corrected chi connectivity index (χ2v) is 8.07. The van der Waals surface area contributed by atoms with Gasteiger partial charge >= 0.3 is 6.18 Å². The first kappa shape index (κ1) is 19.2. The van der Waals surface area contributed by atoms with E-state index in [1.54, 1.807) is 0 Å². The van der Waals surface area contributed by atoms with Crippen molar-refractivity contribution in [2.75, 3.05) is 25.4 Å². The van der Waals surface area contributed by atoms with Crippen LogP contribution in [0.2, 0.25) is 10.0 Å². The molecule has 1 heterocycles. The molecule has 1 N–H and O–H groups in total. The lowest BCUT2D eigenvalue weighted by Gasteiger charge is -2.13. The Hall–Kier alpha value is -1.09. The van der Waals surface area contributed by atoms with Gasteiger partial charge in [-0.15, -0.1) is 0 Å². The number of hydrogen-bond donors (Lipinski definition) is 1. The number of sulfone groups is 1. The molecule has 1 unspecified atom stereocenters. The van der Waals surface area contributed by atoms with Crippen molar-refractivity contribution in [2.45, 2.75) is 11.1 Å². The molecule has 2 rings (SSSR count). The number of benzene rings is 1. The van der Waals surface area contributed by atoms with E-state index in [9.17, 15) is 21.6 Å². The zero-order valence-corrected chi connectivity index (χ0v) is 14.6. The molecular formula is C14H14Cl2F3N2O2S+. The number of rotatable bonds is 4. The number of quaternary nitrogens is 1. The van der Waals surface area contributed by atoms with Gasteiger partial charge < -0.3 is 4.90 Å². The molecular weight excluding hydrogens is 388 g/mol. The number of halogens is 5. The van der Waals surface area contributed by atoms with Crippen LogP contribution < -0.4 is 4.90 Å². The Morgan fingerprint density at radius 1 is 1.25 bits per heavy atom. The molecule has 1 atom stereocenters. The number of aliphatic imine (C=N–C) groups is 1. The van der Waals surface area contributed by atoms with Crippen LogP contribution >= 0.6 is 23.2 Å². The summed E-state index contributed by atoms with van der Waals surface area (Å²) in [5, 5.41) is 0.337. The van der Waals surface area contributed by atoms with Gasteiger partial charge in [0.05, 0.1) is 29.2 Å². The van der Waals surface area contributed by atoms with Crippen molar-refractivity contribution >= 4 is 38.8 Å². The monoisotopic (exact) mass is 401 g/mol. The maximum absolute atomic E-state index is 12.6. The van der Waals surface area contributed by atoms with Gasteiger partial charge in [0.2, 0.25) is 0 Å². The SMILES string of the molecule is O=S(=O)(CC[NH+]1C=CC(C(F)(F)F)=NCC1)c1ccc(Cl)cc1Cl. The van der Waals surface area contributed by atoms with E-state index in [4.69, 9.17) is 23.2 Å². The summed E-state index contributed by atoms with van der Waals surface area (Å²) < 4.78 is 62.5. The zero-order chi connectivity index (χ0) is 18.0. The Bertz CT molecular complexity index is 777. The molecule has 1 aliphatic heterocycles. The van der Waals surface area contributed by atoms with Crippen molar-refractivity contribution in [1.82, 2.24) is 0 Å². The molecule has 0 amide bonds. The Labute approximate surface area is 147 Å². The number of alkyl halides is 3. The number of nitrogens with one attached hydrogen (secondary N) is 1. The van der Waals surface area contributed by atoms with Crippen molar-refractivity contribution in [3.63, 3.8) is 0 Å². The quantitative estimate of drug-likeness (QED) is 0.840. The van der Waals surface area contributed by atoms with E-state index >= 15 is 0 Å². The molecule has 24 heavy (non-hydrogen) atoms. The van der Waals surface area contributed by atoms with E-state index in [2.05, 4.69) is 4.99 Å². The van der Waals surface area contributed by atoms with Gasteiger partial charge in [0.1, 0.15) is 18.0 Å². The highest BCUT2D eigenvalue weighted by Crippen LogP contribution is 2.25. The summed E-state index contributed by atoms with van der Waals surface area (Å²) in [5.74, 6) is -0.255. The van der Waals surface area contributed by atoms with Gasteiger partial charge in [-0.3, -0.25) is 4.99 Å². The minimum Gasteiger partial charge on any atom is -0.306 e. The molecule has 0 fully saturated rings. The van der Waals surface area contributed by atoms with E-state index in [1.807, 2.05) is 0 Å². The summed E-state index contributed by atoms with van der Waals surface area (Å²) >= 11 is 11.6. The van der Waals surface area contributed by atoms with Crippen molar-refractivity contribution in [2.24, 2.45) is 4.99 Å². The number of allylic oxidation sites excluding steroid dienone is 1. The molecule has 1 aromatic rings. The van der Waals surface area contributed by atoms with E-state index in [0.717, 1.165) is 6.08 Å². The third-order valence-electron chi connectivity index (χ3n) is 3.40. The second kappa shape index (κ2) is 7.43. The van der Waals surface area contributed by atoms with Crippen LogP contribution in [0.4, 0.5) is 13.2 Å². The highest BCUT2D eigenvalue weighted by molar-refractivity contribution is 7.91. The van der Waals surface area contributed by atoms with E-state index in [0.29, 0.717) is 9.92 Å². The normalized spacial score (nSPS) is 19.0. The van der Waals surface area contributed by atoms with Crippen LogP contribution in [0.15, 0.2) is 40.4 Å². The van der Waals surface area contributed by atoms with Crippen LogP contribution in [0.5, 0.6) is 0 Å². The topological polar surface area (TPSA) is 50.9 Å². The second-order valence-electron chi connectivity index (χ2n) is 5.15. The van der Waals surface area contributed by atoms with Gasteiger partial charge in [-0.2, -0.15) is 13.2 Å². The maximum Gasteiger partial charge on any atom is 0.433 e. The largest absolute Gasteiger partial charge is 0.433 e. The number of nitrogens with zero attached hydrogens (tertiary/aromatic N) is 1. The van der Waals surface area contributed by atoms with Gasteiger partial charge in [0.15, 0.2) is 9.84 Å². The lowest BCUT2D eigenvalue weighted by molar-refractivity contribution is -0.842. The van der Waals surface area contributed by atoms with Crippen LogP contribution in [0.25, 0.3) is 0 Å². The molecule has 1 aromatic carbocycles. The first-order valence-electron chi connectivity index (χ1n) is 6.92. The lowest BCUT2D eigenvalue weighted by atomic mass is 10.3. The first-order valence-corrected chi connectivity index (χ1v) is 9.32. The molecule has 0 radical (unpaired) electrons. The van der Waals surface area contributed by atoms with E-state index in [-0.39, 0.29) is 35.3 Å². The fourth-order valence-corrected chi connectivity index (χ4v) is 4.29. The smallest absolute Gasteiger partial charge is 0.306 e. The summed E-state index contributed by atoms with van der Waals surface area (Å²) in [6, 6.07) is 4.07. The fraction of sp³-hybridized carbons (Fsp3) is 0.357. The summed E-state index contributed by atoms with van der Waals surface area (Å²) in [5.41, 5.74) is -0.957. The zero-order valence-electron chi connectivity index (χ0n) is 12.3. The fourth-order valence-electron chi connectivity index (χ4n) is 2.15. The third-order valence-corrected chi connectivity index (χ3v) is 5.83. The average Bonchev–Trinajstić information content (AvgIpc) is 2.70. The van der Waals surface area contributed by atoms with E-state index in [1.165, 1.54) is 24.4 Å². The van der Waals surface area contributed by atoms with Crippen LogP contribution in [-0.4, -0.2) is 45.7 Å². The van der Waals surface area contributed by atoms with Crippen LogP contribution in [0, 0.1) is 0 Å². The molecule has 10 heteroatoms. The van der Waals surface area contributed by atoms with Crippen LogP contribution in [-0.2, 0) is 9.84 Å². The summed E-state index contributed by atoms with van der Waals surface area (Å²) in [6.45, 7) is 0.358. The Kier molecular flexibility index (Phi) is 5.95. The average molecular weight is 402 g/mol. The van der Waals surface area contributed by atoms with Crippen molar-refractivity contribution in [3.05, 3.63) is 40.5 Å². The Morgan fingerprint density at radius 3 is 2.58 bits per heavy atom. The molecule has 0 bridgehead atoms. The highest BCUT2D eigenvalue weighted by Gasteiger charge is 2.35. The molecule has 0 aliphatic carbocycles. The van der Waals surface area contributed by atoms with Gasteiger partial charge in [-0.05, 0) is 18.2 Å². The van der Waals surface area contributed by atoms with Crippen LogP contribution in [0.1, 0.15) is 0 Å². The van der Waals surface area contributed by atoms with Crippen molar-refractivity contribution < 1.29 is 26.5 Å². The van der Waals surface area contributed by atoms with Gasteiger partial charge in [-0.1, -0.05) is 23.2 Å². The number of hydrogen-bond acceptors (Lipinski definition) is 3. The van der Waals surface area contributed by atoms with Gasteiger partial charge in [0, 0.05) is 11.1 Å². The first-order chi connectivity index (χ1) is 11.1. The Balaban J connectivity index is 2.05. The predicted molar refractivity (Wildman–Crippen MR) is 86.7 cm³/mol.